The van der Waals surface area contributed by atoms with Crippen molar-refractivity contribution in [3.05, 3.63) is 28.2 Å². The Balaban J connectivity index is 2.09. The maximum absolute atomic E-state index is 11.9. The summed E-state index contributed by atoms with van der Waals surface area (Å²) in [6, 6.07) is 5.12. The van der Waals surface area contributed by atoms with Crippen molar-refractivity contribution in [2.24, 2.45) is 10.9 Å². The van der Waals surface area contributed by atoms with Crippen molar-refractivity contribution >= 4 is 33.5 Å². The number of nitrogens with zero attached hydrogens (tertiary/aromatic N) is 1. The molecule has 1 saturated carbocycles. The molecule has 0 radical (unpaired) electrons. The molecule has 0 heterocycles. The van der Waals surface area contributed by atoms with E-state index in [1.807, 2.05) is 0 Å². The van der Waals surface area contributed by atoms with Gasteiger partial charge in [0, 0.05) is 16.1 Å². The Hall–Kier alpha value is -1.76. The molecule has 1 aliphatic rings. The van der Waals surface area contributed by atoms with Gasteiger partial charge in [-0.2, -0.15) is 0 Å². The van der Waals surface area contributed by atoms with Gasteiger partial charge in [-0.25, -0.2) is 4.79 Å². The highest BCUT2D eigenvalue weighted by atomic mass is 79.9. The number of urea groups is 1. The molecular weight excluding hydrogens is 324 g/mol. The fourth-order valence-electron chi connectivity index (χ4n) is 2.31. The Morgan fingerprint density at radius 2 is 2.10 bits per heavy atom. The Morgan fingerprint density at radius 3 is 2.75 bits per heavy atom. The summed E-state index contributed by atoms with van der Waals surface area (Å²) in [5.41, 5.74) is 6.57. The van der Waals surface area contributed by atoms with Gasteiger partial charge in [-0.1, -0.05) is 33.9 Å². The van der Waals surface area contributed by atoms with Gasteiger partial charge in [0.25, 0.3) is 0 Å². The van der Waals surface area contributed by atoms with Gasteiger partial charge in [0.05, 0.1) is 5.69 Å². The van der Waals surface area contributed by atoms with E-state index in [1.54, 1.807) is 18.2 Å². The molecule has 6 nitrogen and oxygen atoms in total. The van der Waals surface area contributed by atoms with Crippen molar-refractivity contribution in [1.29, 1.82) is 0 Å². The fourth-order valence-corrected chi connectivity index (χ4v) is 2.67. The first kappa shape index (κ1) is 14.6. The SMILES string of the molecule is N/C(=N/O)c1cc(Br)ccc1NC(=O)NC1CCCC1. The van der Waals surface area contributed by atoms with Gasteiger partial charge in [0.1, 0.15) is 0 Å². The topological polar surface area (TPSA) is 99.7 Å². The van der Waals surface area contributed by atoms with Gasteiger partial charge >= 0.3 is 6.03 Å². The molecule has 0 aliphatic heterocycles. The number of amides is 2. The summed E-state index contributed by atoms with van der Waals surface area (Å²) < 4.78 is 0.779. The first-order chi connectivity index (χ1) is 9.60. The lowest BCUT2D eigenvalue weighted by molar-refractivity contribution is 0.248. The second-order valence-corrected chi connectivity index (χ2v) is 5.67. The van der Waals surface area contributed by atoms with Gasteiger partial charge in [0.2, 0.25) is 0 Å². The zero-order valence-corrected chi connectivity index (χ0v) is 12.5. The number of anilines is 1. The van der Waals surface area contributed by atoms with E-state index in [1.165, 1.54) is 0 Å². The van der Waals surface area contributed by atoms with Gasteiger partial charge in [-0.15, -0.1) is 0 Å². The lowest BCUT2D eigenvalue weighted by Crippen LogP contribution is -2.36. The Labute approximate surface area is 125 Å². The molecule has 1 aromatic rings. The number of benzene rings is 1. The summed E-state index contributed by atoms with van der Waals surface area (Å²) in [5, 5.41) is 17.4. The zero-order valence-electron chi connectivity index (χ0n) is 10.9. The third-order valence-electron chi connectivity index (χ3n) is 3.30. The summed E-state index contributed by atoms with van der Waals surface area (Å²) in [4.78, 5) is 11.9. The average Bonchev–Trinajstić information content (AvgIpc) is 2.92. The number of hydrogen-bond acceptors (Lipinski definition) is 3. The summed E-state index contributed by atoms with van der Waals surface area (Å²) in [5.74, 6) is -0.0533. The van der Waals surface area contributed by atoms with Crippen molar-refractivity contribution in [2.75, 3.05) is 5.32 Å². The van der Waals surface area contributed by atoms with Crippen LogP contribution in [0, 0.1) is 0 Å². The van der Waals surface area contributed by atoms with Crippen LogP contribution in [0.1, 0.15) is 31.2 Å². The summed E-state index contributed by atoms with van der Waals surface area (Å²) in [7, 11) is 0. The highest BCUT2D eigenvalue weighted by Crippen LogP contribution is 2.22. The standard InChI is InChI=1S/C13H17BrN4O2/c14-8-5-6-11(10(7-8)12(15)18-20)17-13(19)16-9-3-1-2-4-9/h5-7,9,20H,1-4H2,(H2,15,18)(H2,16,17,19). The van der Waals surface area contributed by atoms with E-state index in [0.717, 1.165) is 30.2 Å². The molecule has 2 amide bonds. The minimum absolute atomic E-state index is 0.0533. The molecular formula is C13H17BrN4O2. The van der Waals surface area contributed by atoms with Gasteiger partial charge in [-0.3, -0.25) is 0 Å². The predicted octanol–water partition coefficient (Wildman–Crippen LogP) is 2.61. The fraction of sp³-hybridized carbons (Fsp3) is 0.385. The zero-order chi connectivity index (χ0) is 14.5. The number of oxime groups is 1. The molecule has 1 aliphatic carbocycles. The number of nitrogens with two attached hydrogens (primary N) is 1. The highest BCUT2D eigenvalue weighted by molar-refractivity contribution is 9.10. The van der Waals surface area contributed by atoms with Crippen molar-refractivity contribution in [1.82, 2.24) is 5.32 Å². The van der Waals surface area contributed by atoms with E-state index in [-0.39, 0.29) is 17.9 Å². The quantitative estimate of drug-likeness (QED) is 0.294. The maximum atomic E-state index is 11.9. The molecule has 0 aromatic heterocycles. The number of rotatable bonds is 3. The van der Waals surface area contributed by atoms with Crippen LogP contribution >= 0.6 is 15.9 Å². The first-order valence-electron chi connectivity index (χ1n) is 6.45. The van der Waals surface area contributed by atoms with Crippen molar-refractivity contribution in [3.63, 3.8) is 0 Å². The molecule has 7 heteroatoms. The lowest BCUT2D eigenvalue weighted by atomic mass is 10.1. The maximum Gasteiger partial charge on any atom is 0.319 e. The Morgan fingerprint density at radius 1 is 1.40 bits per heavy atom. The first-order valence-corrected chi connectivity index (χ1v) is 7.24. The molecule has 108 valence electrons. The van der Waals surface area contributed by atoms with E-state index in [0.29, 0.717) is 11.3 Å². The Kier molecular flexibility index (Phi) is 4.84. The number of halogens is 1. The molecule has 0 unspecified atom stereocenters. The summed E-state index contributed by atoms with van der Waals surface area (Å²) in [6.07, 6.45) is 4.33. The molecule has 20 heavy (non-hydrogen) atoms. The molecule has 2 rings (SSSR count). The largest absolute Gasteiger partial charge is 0.409 e. The highest BCUT2D eigenvalue weighted by Gasteiger charge is 2.18. The smallest absolute Gasteiger partial charge is 0.319 e. The van der Waals surface area contributed by atoms with Gasteiger partial charge < -0.3 is 21.6 Å². The van der Waals surface area contributed by atoms with Gasteiger partial charge in [0.15, 0.2) is 5.84 Å². The molecule has 5 N–H and O–H groups in total. The van der Waals surface area contributed by atoms with E-state index >= 15 is 0 Å². The molecule has 0 atom stereocenters. The van der Waals surface area contributed by atoms with Crippen LogP contribution in [0.4, 0.5) is 10.5 Å². The average molecular weight is 341 g/mol. The van der Waals surface area contributed by atoms with Crippen LogP contribution in [-0.4, -0.2) is 23.1 Å². The molecule has 1 aromatic carbocycles. The number of nitrogens with one attached hydrogen (secondary N) is 2. The third kappa shape index (κ3) is 3.63. The Bertz CT molecular complexity index is 527. The van der Waals surface area contributed by atoms with Crippen molar-refractivity contribution in [3.8, 4) is 0 Å². The van der Waals surface area contributed by atoms with Crippen molar-refractivity contribution < 1.29 is 10.0 Å². The van der Waals surface area contributed by atoms with Crippen LogP contribution in [0.3, 0.4) is 0 Å². The minimum Gasteiger partial charge on any atom is -0.409 e. The number of carbonyl (C=O) groups is 1. The predicted molar refractivity (Wildman–Crippen MR) is 81.1 cm³/mol. The lowest BCUT2D eigenvalue weighted by Gasteiger charge is -2.15. The number of carbonyl (C=O) groups excluding carboxylic acids is 1. The normalized spacial score (nSPS) is 16.1. The molecule has 0 spiro atoms. The van der Waals surface area contributed by atoms with Crippen LogP contribution in [0.15, 0.2) is 27.8 Å². The van der Waals surface area contributed by atoms with Crippen LogP contribution in [0.2, 0.25) is 0 Å². The number of hydrogen-bond donors (Lipinski definition) is 4. The molecule has 1 fully saturated rings. The van der Waals surface area contributed by atoms with E-state index in [4.69, 9.17) is 10.9 Å². The molecule has 0 saturated heterocycles. The van der Waals surface area contributed by atoms with E-state index in [2.05, 4.69) is 31.7 Å². The van der Waals surface area contributed by atoms with E-state index in [9.17, 15) is 4.79 Å². The van der Waals surface area contributed by atoms with Crippen LogP contribution in [0.5, 0.6) is 0 Å². The third-order valence-corrected chi connectivity index (χ3v) is 3.80. The monoisotopic (exact) mass is 340 g/mol. The van der Waals surface area contributed by atoms with Crippen LogP contribution in [0.25, 0.3) is 0 Å². The van der Waals surface area contributed by atoms with Crippen LogP contribution in [-0.2, 0) is 0 Å². The number of amidine groups is 1. The second kappa shape index (κ2) is 6.60. The van der Waals surface area contributed by atoms with Gasteiger partial charge in [-0.05, 0) is 31.0 Å². The summed E-state index contributed by atoms with van der Waals surface area (Å²) >= 11 is 3.31. The summed E-state index contributed by atoms with van der Waals surface area (Å²) in [6.45, 7) is 0. The van der Waals surface area contributed by atoms with Crippen LogP contribution < -0.4 is 16.4 Å². The molecule has 0 bridgehead atoms. The minimum atomic E-state index is -0.272. The second-order valence-electron chi connectivity index (χ2n) is 4.75. The van der Waals surface area contributed by atoms with E-state index < -0.39 is 0 Å². The van der Waals surface area contributed by atoms with Crippen molar-refractivity contribution in [2.45, 2.75) is 31.7 Å².